The van der Waals surface area contributed by atoms with Crippen molar-refractivity contribution in [2.75, 3.05) is 28.2 Å². The summed E-state index contributed by atoms with van der Waals surface area (Å²) >= 11 is 0. The van der Waals surface area contributed by atoms with Crippen LogP contribution in [0.15, 0.2) is 54.6 Å². The number of hydrogen-bond donors (Lipinski definition) is 0. The van der Waals surface area contributed by atoms with E-state index in [9.17, 15) is 4.79 Å². The van der Waals surface area contributed by atoms with Gasteiger partial charge in [-0.05, 0) is 83.1 Å². The van der Waals surface area contributed by atoms with E-state index in [2.05, 4.69) is 0 Å². The first-order chi connectivity index (χ1) is 15.2. The zero-order chi connectivity index (χ0) is 23.0. The summed E-state index contributed by atoms with van der Waals surface area (Å²) in [6.07, 6.45) is -0.483. The predicted octanol–water partition coefficient (Wildman–Crippen LogP) is 4.89. The molecule has 3 aromatic carbocycles. The van der Waals surface area contributed by atoms with E-state index < -0.39 is 0 Å². The van der Waals surface area contributed by atoms with E-state index in [1.807, 2.05) is 106 Å². The van der Waals surface area contributed by atoms with Gasteiger partial charge in [-0.1, -0.05) is 24.3 Å². The Labute approximate surface area is 188 Å². The van der Waals surface area contributed by atoms with E-state index in [-0.39, 0.29) is 18.4 Å². The average molecular weight is 432 g/mol. The van der Waals surface area contributed by atoms with Gasteiger partial charge < -0.3 is 9.47 Å². The van der Waals surface area contributed by atoms with Crippen molar-refractivity contribution in [3.05, 3.63) is 60.2 Å². The fraction of sp³-hybridized carbons (Fsp3) is 0.308. The molecular formula is C26H29N3O3. The fourth-order valence-corrected chi connectivity index (χ4v) is 3.52. The normalized spacial score (nSPS) is 13.8. The van der Waals surface area contributed by atoms with Crippen molar-refractivity contribution in [3.63, 3.8) is 0 Å². The third-order valence-electron chi connectivity index (χ3n) is 5.85. The highest BCUT2D eigenvalue weighted by Gasteiger charge is 2.22. The highest BCUT2D eigenvalue weighted by molar-refractivity contribution is 6.16. The molecule has 0 radical (unpaired) electrons. The number of hydrogen-bond acceptors (Lipinski definition) is 6. The number of carbonyl (C=O) groups is 1. The van der Waals surface area contributed by atoms with E-state index >= 15 is 0 Å². The number of carbonyl (C=O) groups excluding carboxylic acids is 1. The Hall–Kier alpha value is -3.22. The summed E-state index contributed by atoms with van der Waals surface area (Å²) < 4.78 is 11.9. The van der Waals surface area contributed by atoms with Crippen LogP contribution in [-0.4, -0.2) is 61.4 Å². The molecule has 0 aliphatic heterocycles. The molecule has 166 valence electrons. The molecule has 4 rings (SSSR count). The van der Waals surface area contributed by atoms with Crippen LogP contribution in [0, 0.1) is 0 Å². The van der Waals surface area contributed by atoms with Crippen molar-refractivity contribution in [1.82, 2.24) is 14.8 Å². The van der Waals surface area contributed by atoms with E-state index in [1.165, 1.54) is 0 Å². The van der Waals surface area contributed by atoms with Crippen molar-refractivity contribution in [2.45, 2.75) is 26.3 Å². The van der Waals surface area contributed by atoms with Crippen LogP contribution in [0.3, 0.4) is 0 Å². The maximum atomic E-state index is 13.4. The zero-order valence-electron chi connectivity index (χ0n) is 19.4. The molecule has 6 nitrogen and oxygen atoms in total. The third kappa shape index (κ3) is 4.24. The smallest absolute Gasteiger partial charge is 0.341 e. The highest BCUT2D eigenvalue weighted by Crippen LogP contribution is 2.32. The molecule has 0 aliphatic carbocycles. The van der Waals surface area contributed by atoms with Crippen molar-refractivity contribution >= 4 is 38.5 Å². The van der Waals surface area contributed by atoms with E-state index in [0.717, 1.165) is 27.2 Å². The SMILES string of the molecule is CC(OC(=O)c1c2cc(OC(C)N(C)C)ccc2nc2cc3ccccc3cc12)N(C)C. The van der Waals surface area contributed by atoms with E-state index in [4.69, 9.17) is 14.5 Å². The molecule has 6 heteroatoms. The Kier molecular flexibility index (Phi) is 6.00. The van der Waals surface area contributed by atoms with Crippen molar-refractivity contribution in [1.29, 1.82) is 0 Å². The summed E-state index contributed by atoms with van der Waals surface area (Å²) in [6.45, 7) is 3.83. The van der Waals surface area contributed by atoms with Gasteiger partial charge in [0.15, 0.2) is 6.23 Å². The number of fused-ring (bicyclic) bond motifs is 3. The van der Waals surface area contributed by atoms with Gasteiger partial charge >= 0.3 is 5.97 Å². The number of pyridine rings is 1. The van der Waals surface area contributed by atoms with Crippen LogP contribution >= 0.6 is 0 Å². The van der Waals surface area contributed by atoms with Gasteiger partial charge in [0.05, 0.1) is 16.6 Å². The van der Waals surface area contributed by atoms with Gasteiger partial charge in [0.25, 0.3) is 0 Å². The number of nitrogens with zero attached hydrogens (tertiary/aromatic N) is 3. The quantitative estimate of drug-likeness (QED) is 0.246. The Morgan fingerprint density at radius 3 is 2.09 bits per heavy atom. The van der Waals surface area contributed by atoms with Gasteiger partial charge in [0.2, 0.25) is 0 Å². The molecule has 4 aromatic rings. The van der Waals surface area contributed by atoms with Crippen LogP contribution in [-0.2, 0) is 4.74 Å². The molecule has 0 saturated heterocycles. The summed E-state index contributed by atoms with van der Waals surface area (Å²) in [5.74, 6) is 0.298. The maximum Gasteiger partial charge on any atom is 0.341 e. The molecule has 32 heavy (non-hydrogen) atoms. The minimum absolute atomic E-state index is 0.117. The number of esters is 1. The number of benzene rings is 3. The second-order valence-corrected chi connectivity index (χ2v) is 8.53. The molecule has 1 aromatic heterocycles. The van der Waals surface area contributed by atoms with E-state index in [0.29, 0.717) is 16.7 Å². The Morgan fingerprint density at radius 2 is 1.44 bits per heavy atom. The van der Waals surface area contributed by atoms with Crippen LogP contribution in [0.1, 0.15) is 24.2 Å². The average Bonchev–Trinajstić information content (AvgIpc) is 2.75. The lowest BCUT2D eigenvalue weighted by Gasteiger charge is -2.22. The molecule has 2 unspecified atom stereocenters. The maximum absolute atomic E-state index is 13.4. The van der Waals surface area contributed by atoms with Gasteiger partial charge in [0.1, 0.15) is 12.0 Å². The van der Waals surface area contributed by atoms with Crippen molar-refractivity contribution in [2.24, 2.45) is 0 Å². The Morgan fingerprint density at radius 1 is 0.812 bits per heavy atom. The zero-order valence-corrected chi connectivity index (χ0v) is 19.4. The Bertz CT molecular complexity index is 1300. The van der Waals surface area contributed by atoms with Crippen LogP contribution in [0.5, 0.6) is 5.75 Å². The first kappa shape index (κ1) is 22.0. The fourth-order valence-electron chi connectivity index (χ4n) is 3.52. The van der Waals surface area contributed by atoms with Crippen LogP contribution in [0.25, 0.3) is 32.6 Å². The second-order valence-electron chi connectivity index (χ2n) is 8.53. The van der Waals surface area contributed by atoms with Crippen LogP contribution in [0.2, 0.25) is 0 Å². The topological polar surface area (TPSA) is 54.9 Å². The van der Waals surface area contributed by atoms with Crippen molar-refractivity contribution < 1.29 is 14.3 Å². The Balaban J connectivity index is 1.96. The molecule has 0 aliphatic rings. The van der Waals surface area contributed by atoms with Gasteiger partial charge in [-0.3, -0.25) is 9.80 Å². The summed E-state index contributed by atoms with van der Waals surface area (Å²) in [7, 11) is 7.67. The molecule has 0 spiro atoms. The number of rotatable bonds is 6. The molecule has 0 amide bonds. The molecular weight excluding hydrogens is 402 g/mol. The van der Waals surface area contributed by atoms with Gasteiger partial charge in [-0.25, -0.2) is 9.78 Å². The van der Waals surface area contributed by atoms with Gasteiger partial charge in [-0.2, -0.15) is 0 Å². The minimum atomic E-state index is -0.378. The lowest BCUT2D eigenvalue weighted by atomic mass is 9.99. The monoisotopic (exact) mass is 431 g/mol. The summed E-state index contributed by atoms with van der Waals surface area (Å²) in [6, 6.07) is 17.8. The standard InChI is InChI=1S/C26H29N3O3/c1-16(28(3)4)31-20-11-12-23-22(15-20)25(26(30)32-17(2)29(5)6)21-13-18-9-7-8-10-19(18)14-24(21)27-23/h7-17H,1-6H3. The van der Waals surface area contributed by atoms with Gasteiger partial charge in [0, 0.05) is 10.8 Å². The summed E-state index contributed by atoms with van der Waals surface area (Å²) in [5.41, 5.74) is 1.99. The van der Waals surface area contributed by atoms with Crippen LogP contribution in [0.4, 0.5) is 0 Å². The van der Waals surface area contributed by atoms with Gasteiger partial charge in [-0.15, -0.1) is 0 Å². The third-order valence-corrected chi connectivity index (χ3v) is 5.85. The molecule has 0 bridgehead atoms. The number of aromatic nitrogens is 1. The molecule has 0 N–H and O–H groups in total. The largest absolute Gasteiger partial charge is 0.475 e. The molecule has 0 fully saturated rings. The van der Waals surface area contributed by atoms with Crippen molar-refractivity contribution in [3.8, 4) is 5.75 Å². The lowest BCUT2D eigenvalue weighted by Crippen LogP contribution is -2.30. The predicted molar refractivity (Wildman–Crippen MR) is 129 cm³/mol. The summed E-state index contributed by atoms with van der Waals surface area (Å²) in [5, 5.41) is 3.61. The lowest BCUT2D eigenvalue weighted by molar-refractivity contribution is -0.00507. The highest BCUT2D eigenvalue weighted by atomic mass is 16.6. The minimum Gasteiger partial charge on any atom is -0.475 e. The first-order valence-corrected chi connectivity index (χ1v) is 10.7. The molecule has 0 saturated carbocycles. The molecule has 1 heterocycles. The number of ether oxygens (including phenoxy) is 2. The second kappa shape index (κ2) is 8.73. The molecule has 2 atom stereocenters. The van der Waals surface area contributed by atoms with Crippen LogP contribution < -0.4 is 4.74 Å². The first-order valence-electron chi connectivity index (χ1n) is 10.7. The van der Waals surface area contributed by atoms with E-state index in [1.54, 1.807) is 0 Å². The summed E-state index contributed by atoms with van der Waals surface area (Å²) in [4.78, 5) is 22.1.